The molecule has 4 atom stereocenters. The van der Waals surface area contributed by atoms with Gasteiger partial charge in [0.25, 0.3) is 5.91 Å². The third-order valence-electron chi connectivity index (χ3n) is 6.80. The van der Waals surface area contributed by atoms with Crippen LogP contribution in [0, 0.1) is 11.8 Å². The van der Waals surface area contributed by atoms with E-state index in [9.17, 15) is 14.7 Å². The molecule has 1 aliphatic heterocycles. The van der Waals surface area contributed by atoms with Crippen molar-refractivity contribution in [3.05, 3.63) is 66.0 Å². The lowest BCUT2D eigenvalue weighted by molar-refractivity contribution is 0.0374. The zero-order chi connectivity index (χ0) is 21.5. The number of hydrogen-bond donors (Lipinski definition) is 1. The minimum Gasteiger partial charge on any atom is -0.465 e. The van der Waals surface area contributed by atoms with Gasteiger partial charge < -0.3 is 19.3 Å². The van der Waals surface area contributed by atoms with Gasteiger partial charge in [-0.05, 0) is 48.9 Å². The number of para-hydroxylation sites is 2. The van der Waals surface area contributed by atoms with Crippen molar-refractivity contribution < 1.29 is 19.4 Å². The molecule has 7 nitrogen and oxygen atoms in total. The summed E-state index contributed by atoms with van der Waals surface area (Å²) < 4.78 is 6.91. The number of aliphatic hydroxyl groups is 1. The van der Waals surface area contributed by atoms with Crippen LogP contribution in [0.1, 0.15) is 39.6 Å². The van der Waals surface area contributed by atoms with Crippen LogP contribution in [0.4, 0.5) is 0 Å². The Kier molecular flexibility index (Phi) is 4.98. The summed E-state index contributed by atoms with van der Waals surface area (Å²) in [5, 5.41) is 10.9. The highest BCUT2D eigenvalue weighted by atomic mass is 16.5. The number of methoxy groups -OCH3 is 1. The molecule has 160 valence electrons. The Hall–Kier alpha value is -3.19. The molecular weight excluding hydrogens is 394 g/mol. The summed E-state index contributed by atoms with van der Waals surface area (Å²) in [6.45, 7) is 1.21. The Morgan fingerprint density at radius 1 is 1.00 bits per heavy atom. The number of benzene rings is 2. The molecule has 7 heteroatoms. The average molecular weight is 419 g/mol. The van der Waals surface area contributed by atoms with E-state index in [-0.39, 0.29) is 23.4 Å². The third-order valence-corrected chi connectivity index (χ3v) is 6.80. The molecular formula is C24H25N3O4. The van der Waals surface area contributed by atoms with Gasteiger partial charge in [0, 0.05) is 13.1 Å². The summed E-state index contributed by atoms with van der Waals surface area (Å²) in [5.41, 5.74) is 2.58. The van der Waals surface area contributed by atoms with Crippen molar-refractivity contribution in [2.45, 2.75) is 25.0 Å². The number of aliphatic hydroxyl groups excluding tert-OH is 1. The minimum atomic E-state index is -0.511. The van der Waals surface area contributed by atoms with Crippen LogP contribution < -0.4 is 0 Å². The zero-order valence-electron chi connectivity index (χ0n) is 17.3. The van der Waals surface area contributed by atoms with Gasteiger partial charge >= 0.3 is 5.97 Å². The first-order chi connectivity index (χ1) is 15.1. The van der Waals surface area contributed by atoms with E-state index in [0.29, 0.717) is 31.0 Å². The predicted molar refractivity (Wildman–Crippen MR) is 115 cm³/mol. The maximum atomic E-state index is 13.2. The zero-order valence-corrected chi connectivity index (χ0v) is 17.3. The number of amides is 1. The normalized spacial score (nSPS) is 25.4. The third kappa shape index (κ3) is 3.39. The molecule has 3 aromatic rings. The molecule has 2 heterocycles. The Labute approximate surface area is 180 Å². The van der Waals surface area contributed by atoms with Crippen LogP contribution in [-0.2, 0) is 4.74 Å². The fourth-order valence-corrected chi connectivity index (χ4v) is 5.24. The lowest BCUT2D eigenvalue weighted by atomic mass is 9.77. The molecule has 2 aromatic carbocycles. The van der Waals surface area contributed by atoms with E-state index in [1.807, 2.05) is 35.5 Å². The number of imidazole rings is 1. The lowest BCUT2D eigenvalue weighted by Gasteiger charge is -2.36. The van der Waals surface area contributed by atoms with Crippen molar-refractivity contribution in [3.63, 3.8) is 0 Å². The van der Waals surface area contributed by atoms with Crippen molar-refractivity contribution in [3.8, 4) is 0 Å². The highest BCUT2D eigenvalue weighted by Crippen LogP contribution is 2.42. The second-order valence-corrected chi connectivity index (χ2v) is 8.51. The quantitative estimate of drug-likeness (QED) is 0.660. The fourth-order valence-electron chi connectivity index (χ4n) is 5.24. The van der Waals surface area contributed by atoms with E-state index in [1.54, 1.807) is 24.3 Å². The van der Waals surface area contributed by atoms with E-state index < -0.39 is 12.1 Å². The molecule has 2 fully saturated rings. The molecule has 1 saturated heterocycles. The van der Waals surface area contributed by atoms with Gasteiger partial charge in [-0.1, -0.05) is 24.3 Å². The second-order valence-electron chi connectivity index (χ2n) is 8.51. The molecule has 31 heavy (non-hydrogen) atoms. The topological polar surface area (TPSA) is 84.7 Å². The monoisotopic (exact) mass is 419 g/mol. The second kappa shape index (κ2) is 7.81. The number of ether oxygens (including phenoxy) is 1. The summed E-state index contributed by atoms with van der Waals surface area (Å²) in [7, 11) is 1.31. The van der Waals surface area contributed by atoms with Crippen LogP contribution in [0.5, 0.6) is 0 Å². The standard InChI is InChI=1S/C24H25N3O4/c1-31-24(30)18-7-3-2-6-17(18)23(29)26-12-15-10-21(22(28)11-16(15)13-26)27-14-25-19-8-4-5-9-20(19)27/h2-9,14-16,21-22,28H,10-13H2,1H3/t15-,16+,21-,22-/m1/s1. The van der Waals surface area contributed by atoms with Crippen molar-refractivity contribution in [2.24, 2.45) is 11.8 Å². The fraction of sp³-hybridized carbons (Fsp3) is 0.375. The molecule has 1 aromatic heterocycles. The van der Waals surface area contributed by atoms with Gasteiger partial charge in [-0.15, -0.1) is 0 Å². The number of carbonyl (C=O) groups excluding carboxylic acids is 2. The molecule has 0 spiro atoms. The van der Waals surface area contributed by atoms with E-state index in [4.69, 9.17) is 4.74 Å². The number of fused-ring (bicyclic) bond motifs is 2. The number of hydrogen-bond acceptors (Lipinski definition) is 5. The molecule has 1 saturated carbocycles. The van der Waals surface area contributed by atoms with Crippen molar-refractivity contribution in [1.29, 1.82) is 0 Å². The van der Waals surface area contributed by atoms with Crippen molar-refractivity contribution in [2.75, 3.05) is 20.2 Å². The molecule has 0 bridgehead atoms. The van der Waals surface area contributed by atoms with Crippen LogP contribution >= 0.6 is 0 Å². The smallest absolute Gasteiger partial charge is 0.338 e. The SMILES string of the molecule is COC(=O)c1ccccc1C(=O)N1C[C@H]2C[C@@H](n3cnc4ccccc43)[C@H](O)C[C@H]2C1. The highest BCUT2D eigenvalue weighted by Gasteiger charge is 2.44. The number of likely N-dealkylation sites (tertiary alicyclic amines) is 1. The maximum Gasteiger partial charge on any atom is 0.338 e. The summed E-state index contributed by atoms with van der Waals surface area (Å²) >= 11 is 0. The highest BCUT2D eigenvalue weighted by molar-refractivity contribution is 6.05. The summed E-state index contributed by atoms with van der Waals surface area (Å²) in [6, 6.07) is 14.6. The van der Waals surface area contributed by atoms with Gasteiger partial charge in [0.15, 0.2) is 0 Å². The van der Waals surface area contributed by atoms with Gasteiger partial charge in [0.1, 0.15) is 0 Å². The maximum absolute atomic E-state index is 13.2. The van der Waals surface area contributed by atoms with Crippen LogP contribution in [-0.4, -0.2) is 57.7 Å². The van der Waals surface area contributed by atoms with Gasteiger partial charge in [-0.3, -0.25) is 4.79 Å². The van der Waals surface area contributed by atoms with Crippen molar-refractivity contribution in [1.82, 2.24) is 14.5 Å². The summed E-state index contributed by atoms with van der Waals surface area (Å²) in [6.07, 6.45) is 2.75. The van der Waals surface area contributed by atoms with Crippen LogP contribution in [0.2, 0.25) is 0 Å². The predicted octanol–water partition coefficient (Wildman–Crippen LogP) is 2.91. The number of aromatic nitrogens is 2. The molecule has 5 rings (SSSR count). The lowest BCUT2D eigenvalue weighted by Crippen LogP contribution is -2.36. The molecule has 1 N–H and O–H groups in total. The van der Waals surface area contributed by atoms with E-state index in [2.05, 4.69) is 9.55 Å². The molecule has 1 aliphatic carbocycles. The van der Waals surface area contributed by atoms with Gasteiger partial charge in [-0.2, -0.15) is 0 Å². The van der Waals surface area contributed by atoms with E-state index in [1.165, 1.54) is 7.11 Å². The molecule has 1 amide bonds. The molecule has 0 radical (unpaired) electrons. The van der Waals surface area contributed by atoms with Gasteiger partial charge in [0.05, 0.1) is 47.7 Å². The largest absolute Gasteiger partial charge is 0.465 e. The Morgan fingerprint density at radius 2 is 1.68 bits per heavy atom. The summed E-state index contributed by atoms with van der Waals surface area (Å²) in [5.74, 6) is -0.128. The van der Waals surface area contributed by atoms with Crippen LogP contribution in [0.25, 0.3) is 11.0 Å². The number of nitrogens with zero attached hydrogens (tertiary/aromatic N) is 3. The first-order valence-electron chi connectivity index (χ1n) is 10.6. The van der Waals surface area contributed by atoms with E-state index >= 15 is 0 Å². The minimum absolute atomic E-state index is 0.0638. The first-order valence-corrected chi connectivity index (χ1v) is 10.6. The molecule has 2 aliphatic rings. The van der Waals surface area contributed by atoms with Crippen molar-refractivity contribution >= 4 is 22.9 Å². The Bertz CT molecular complexity index is 1140. The number of rotatable bonds is 3. The van der Waals surface area contributed by atoms with E-state index in [0.717, 1.165) is 17.5 Å². The number of esters is 1. The van der Waals surface area contributed by atoms with Crippen LogP contribution in [0.3, 0.4) is 0 Å². The summed E-state index contributed by atoms with van der Waals surface area (Å²) in [4.78, 5) is 31.6. The van der Waals surface area contributed by atoms with Gasteiger partial charge in [0.2, 0.25) is 0 Å². The first kappa shape index (κ1) is 19.8. The number of carbonyl (C=O) groups is 2. The van der Waals surface area contributed by atoms with Crippen LogP contribution in [0.15, 0.2) is 54.9 Å². The average Bonchev–Trinajstić information content (AvgIpc) is 3.41. The Morgan fingerprint density at radius 3 is 2.45 bits per heavy atom. The Balaban J connectivity index is 1.37. The molecule has 0 unspecified atom stereocenters. The van der Waals surface area contributed by atoms with Gasteiger partial charge in [-0.25, -0.2) is 9.78 Å².